The summed E-state index contributed by atoms with van der Waals surface area (Å²) >= 11 is 0. The van der Waals surface area contributed by atoms with E-state index in [1.165, 1.54) is 11.1 Å². The van der Waals surface area contributed by atoms with Gasteiger partial charge >= 0.3 is 0 Å². The van der Waals surface area contributed by atoms with Gasteiger partial charge in [0.2, 0.25) is 0 Å². The maximum atomic E-state index is 13.1. The third-order valence-corrected chi connectivity index (χ3v) is 4.95. The fraction of sp³-hybridized carbons (Fsp3) is 0.444. The molecule has 2 N–H and O–H groups in total. The van der Waals surface area contributed by atoms with Crippen LogP contribution in [0.2, 0.25) is 0 Å². The van der Waals surface area contributed by atoms with Gasteiger partial charge in [0.05, 0.1) is 6.04 Å². The Morgan fingerprint density at radius 3 is 3.17 bits per heavy atom. The second-order valence-electron chi connectivity index (χ2n) is 6.53. The summed E-state index contributed by atoms with van der Waals surface area (Å²) in [7, 11) is 0. The van der Waals surface area contributed by atoms with E-state index in [9.17, 15) is 4.79 Å². The van der Waals surface area contributed by atoms with E-state index in [-0.39, 0.29) is 11.9 Å². The van der Waals surface area contributed by atoms with Crippen LogP contribution in [0.1, 0.15) is 51.8 Å². The van der Waals surface area contributed by atoms with Crippen molar-refractivity contribution >= 4 is 5.91 Å². The van der Waals surface area contributed by atoms with Gasteiger partial charge in [0.15, 0.2) is 5.69 Å². The van der Waals surface area contributed by atoms with Crippen LogP contribution in [0, 0.1) is 6.92 Å². The van der Waals surface area contributed by atoms with E-state index >= 15 is 0 Å². The van der Waals surface area contributed by atoms with Crippen LogP contribution in [-0.2, 0) is 13.0 Å². The Hall–Kier alpha value is -2.14. The predicted molar refractivity (Wildman–Crippen MR) is 88.2 cm³/mol. The monoisotopic (exact) mass is 310 g/mol. The molecular formula is C18H22N4O. The first-order valence-electron chi connectivity index (χ1n) is 8.38. The smallest absolute Gasteiger partial charge is 0.275 e. The molecule has 23 heavy (non-hydrogen) atoms. The van der Waals surface area contributed by atoms with Crippen molar-refractivity contribution in [1.82, 2.24) is 20.4 Å². The van der Waals surface area contributed by atoms with E-state index in [1.54, 1.807) is 0 Å². The average molecular weight is 310 g/mol. The molecule has 1 unspecified atom stereocenters. The summed E-state index contributed by atoms with van der Waals surface area (Å²) < 4.78 is 0. The number of aryl methyl sites for hydroxylation is 1. The molecule has 4 rings (SSSR count). The maximum Gasteiger partial charge on any atom is 0.275 e. The van der Waals surface area contributed by atoms with Gasteiger partial charge in [-0.15, -0.1) is 0 Å². The Morgan fingerprint density at radius 2 is 2.30 bits per heavy atom. The first-order valence-corrected chi connectivity index (χ1v) is 8.38. The Labute approximate surface area is 136 Å². The summed E-state index contributed by atoms with van der Waals surface area (Å²) in [5.74, 6) is 0.0650. The number of nitrogens with one attached hydrogen (secondary N) is 2. The number of rotatable bonds is 2. The number of amides is 1. The summed E-state index contributed by atoms with van der Waals surface area (Å²) in [5.41, 5.74) is 5.24. The normalized spacial score (nSPS) is 20.6. The van der Waals surface area contributed by atoms with E-state index in [2.05, 4.69) is 46.7 Å². The van der Waals surface area contributed by atoms with Crippen LogP contribution < -0.4 is 5.32 Å². The molecule has 0 bridgehead atoms. The number of carbonyl (C=O) groups excluding carboxylic acids is 1. The molecule has 1 amide bonds. The van der Waals surface area contributed by atoms with Crippen molar-refractivity contribution in [2.45, 2.75) is 38.8 Å². The van der Waals surface area contributed by atoms with Crippen molar-refractivity contribution in [3.63, 3.8) is 0 Å². The van der Waals surface area contributed by atoms with Gasteiger partial charge < -0.3 is 10.2 Å². The molecule has 1 saturated heterocycles. The third-order valence-electron chi connectivity index (χ3n) is 4.95. The summed E-state index contributed by atoms with van der Waals surface area (Å²) in [6, 6.07) is 8.67. The van der Waals surface area contributed by atoms with Crippen LogP contribution in [-0.4, -0.2) is 34.1 Å². The molecule has 2 aromatic rings. The van der Waals surface area contributed by atoms with Gasteiger partial charge in [-0.3, -0.25) is 9.89 Å². The van der Waals surface area contributed by atoms with E-state index in [0.717, 1.165) is 50.2 Å². The number of benzene rings is 1. The Bertz CT molecular complexity index is 736. The molecule has 2 aliphatic rings. The number of hydrogen-bond donors (Lipinski definition) is 2. The molecule has 5 heteroatoms. The zero-order valence-corrected chi connectivity index (χ0v) is 13.4. The lowest BCUT2D eigenvalue weighted by Gasteiger charge is -2.25. The third kappa shape index (κ3) is 2.55. The lowest BCUT2D eigenvalue weighted by Crippen LogP contribution is -2.33. The molecule has 120 valence electrons. The highest BCUT2D eigenvalue weighted by Gasteiger charge is 2.33. The van der Waals surface area contributed by atoms with Crippen LogP contribution in [0.25, 0.3) is 0 Å². The van der Waals surface area contributed by atoms with Crippen molar-refractivity contribution in [2.24, 2.45) is 0 Å². The maximum absolute atomic E-state index is 13.1. The highest BCUT2D eigenvalue weighted by Crippen LogP contribution is 2.34. The van der Waals surface area contributed by atoms with Crippen molar-refractivity contribution in [2.75, 3.05) is 13.1 Å². The van der Waals surface area contributed by atoms with Crippen molar-refractivity contribution < 1.29 is 4.79 Å². The minimum atomic E-state index is 0.0650. The van der Waals surface area contributed by atoms with Crippen molar-refractivity contribution in [1.29, 1.82) is 0 Å². The molecule has 0 radical (unpaired) electrons. The number of likely N-dealkylation sites (tertiary alicyclic amines) is 1. The molecule has 1 fully saturated rings. The molecule has 0 saturated carbocycles. The van der Waals surface area contributed by atoms with Gasteiger partial charge in [-0.1, -0.05) is 29.8 Å². The van der Waals surface area contributed by atoms with Gasteiger partial charge in [-0.05, 0) is 25.3 Å². The zero-order valence-electron chi connectivity index (χ0n) is 13.4. The number of aromatic nitrogens is 2. The Morgan fingerprint density at radius 1 is 1.39 bits per heavy atom. The fourth-order valence-electron chi connectivity index (χ4n) is 3.77. The second kappa shape index (κ2) is 5.81. The molecule has 1 aromatic heterocycles. The number of aromatic amines is 1. The van der Waals surface area contributed by atoms with Crippen LogP contribution in [0.3, 0.4) is 0 Å². The minimum absolute atomic E-state index is 0.0650. The number of fused-ring (bicyclic) bond motifs is 1. The quantitative estimate of drug-likeness (QED) is 0.895. The SMILES string of the molecule is Cc1cccc(C2CCCN2C(=O)c2n[nH]c3c2CNCC3)c1. The molecular weight excluding hydrogens is 288 g/mol. The van der Waals surface area contributed by atoms with Crippen LogP contribution in [0.15, 0.2) is 24.3 Å². The van der Waals surface area contributed by atoms with Crippen molar-refractivity contribution in [3.8, 4) is 0 Å². The highest BCUT2D eigenvalue weighted by atomic mass is 16.2. The van der Waals surface area contributed by atoms with Gasteiger partial charge in [0.1, 0.15) is 0 Å². The van der Waals surface area contributed by atoms with E-state index < -0.39 is 0 Å². The van der Waals surface area contributed by atoms with Crippen molar-refractivity contribution in [3.05, 3.63) is 52.3 Å². The number of hydrogen-bond acceptors (Lipinski definition) is 3. The summed E-state index contributed by atoms with van der Waals surface area (Å²) in [6.07, 6.45) is 2.99. The molecule has 2 aliphatic heterocycles. The second-order valence-corrected chi connectivity index (χ2v) is 6.53. The predicted octanol–water partition coefficient (Wildman–Crippen LogP) is 2.34. The molecule has 0 aliphatic carbocycles. The van der Waals surface area contributed by atoms with Crippen LogP contribution in [0.4, 0.5) is 0 Å². The van der Waals surface area contributed by atoms with Crippen LogP contribution >= 0.6 is 0 Å². The van der Waals surface area contributed by atoms with Gasteiger partial charge in [-0.25, -0.2) is 0 Å². The lowest BCUT2D eigenvalue weighted by atomic mass is 10.0. The Balaban J connectivity index is 1.64. The molecule has 3 heterocycles. The summed E-state index contributed by atoms with van der Waals surface area (Å²) in [6.45, 7) is 4.58. The summed E-state index contributed by atoms with van der Waals surface area (Å²) in [5, 5.41) is 10.7. The Kier molecular flexibility index (Phi) is 3.65. The van der Waals surface area contributed by atoms with Crippen LogP contribution in [0.5, 0.6) is 0 Å². The minimum Gasteiger partial charge on any atom is -0.330 e. The number of nitrogens with zero attached hydrogens (tertiary/aromatic N) is 2. The molecule has 0 spiro atoms. The zero-order chi connectivity index (χ0) is 15.8. The fourth-order valence-corrected chi connectivity index (χ4v) is 3.77. The standard InChI is InChI=1S/C18H22N4O/c1-12-4-2-5-13(10-12)16-6-3-9-22(16)18(23)17-14-11-19-8-7-15(14)20-21-17/h2,4-5,10,16,19H,3,6-9,11H2,1H3,(H,20,21). The number of H-pyrrole nitrogens is 1. The average Bonchev–Trinajstić information content (AvgIpc) is 3.21. The molecule has 1 atom stereocenters. The first-order chi connectivity index (χ1) is 11.2. The summed E-state index contributed by atoms with van der Waals surface area (Å²) in [4.78, 5) is 15.1. The van der Waals surface area contributed by atoms with Gasteiger partial charge in [0, 0.05) is 37.3 Å². The molecule has 1 aromatic carbocycles. The highest BCUT2D eigenvalue weighted by molar-refractivity contribution is 5.94. The lowest BCUT2D eigenvalue weighted by molar-refractivity contribution is 0.0728. The first kappa shape index (κ1) is 14.5. The van der Waals surface area contributed by atoms with E-state index in [4.69, 9.17) is 0 Å². The number of carbonyl (C=O) groups is 1. The molecule has 5 nitrogen and oxygen atoms in total. The van der Waals surface area contributed by atoms with E-state index in [1.807, 2.05) is 4.90 Å². The van der Waals surface area contributed by atoms with E-state index in [0.29, 0.717) is 5.69 Å². The largest absolute Gasteiger partial charge is 0.330 e. The topological polar surface area (TPSA) is 61.0 Å². The van der Waals surface area contributed by atoms with Gasteiger partial charge in [-0.2, -0.15) is 5.10 Å². The van der Waals surface area contributed by atoms with Gasteiger partial charge in [0.25, 0.3) is 5.91 Å².